The lowest BCUT2D eigenvalue weighted by Crippen LogP contribution is -2.47. The fraction of sp³-hybridized carbons (Fsp3) is 0.462. The second-order valence-corrected chi connectivity index (χ2v) is 6.48. The van der Waals surface area contributed by atoms with E-state index in [0.29, 0.717) is 4.99 Å². The number of hydrogen-bond acceptors (Lipinski definition) is 2. The third-order valence-corrected chi connectivity index (χ3v) is 6.09. The van der Waals surface area contributed by atoms with Crippen LogP contribution in [0.25, 0.3) is 0 Å². The molecule has 92 valence electrons. The first-order valence-corrected chi connectivity index (χ1v) is 7.61. The van der Waals surface area contributed by atoms with E-state index in [2.05, 4.69) is 5.32 Å². The smallest absolute Gasteiger partial charge is 0.121 e. The van der Waals surface area contributed by atoms with E-state index in [1.54, 1.807) is 0 Å². The normalized spacial score (nSPS) is 28.6. The van der Waals surface area contributed by atoms with Gasteiger partial charge in [0.2, 0.25) is 0 Å². The zero-order valence-corrected chi connectivity index (χ0v) is 11.6. The number of rotatable bonds is 2. The first-order chi connectivity index (χ1) is 8.21. The number of hydrogen-bond donors (Lipinski definition) is 1. The van der Waals surface area contributed by atoms with Crippen LogP contribution in [0.4, 0.5) is 0 Å². The molecule has 1 heterocycles. The Morgan fingerprint density at radius 1 is 1.35 bits per heavy atom. The molecule has 0 unspecified atom stereocenters. The molecule has 1 aliphatic heterocycles. The summed E-state index contributed by atoms with van der Waals surface area (Å²) >= 11 is 5.44. The minimum absolute atomic E-state index is 0.469. The van der Waals surface area contributed by atoms with Crippen molar-refractivity contribution in [3.05, 3.63) is 35.9 Å². The third-order valence-electron chi connectivity index (χ3n) is 3.33. The van der Waals surface area contributed by atoms with Gasteiger partial charge >= 0.3 is 0 Å². The van der Waals surface area contributed by atoms with E-state index in [-0.39, 0.29) is 0 Å². The molecule has 2 rings (SSSR count). The van der Waals surface area contributed by atoms with Gasteiger partial charge in [-0.05, 0) is 18.4 Å². The van der Waals surface area contributed by atoms with Crippen LogP contribution < -0.4 is 5.32 Å². The highest BCUT2D eigenvalue weighted by Gasteiger charge is 2.43. The van der Waals surface area contributed by atoms with Gasteiger partial charge in [-0.3, -0.25) is 4.21 Å². The summed E-state index contributed by atoms with van der Waals surface area (Å²) in [7, 11) is 0.897. The third kappa shape index (κ3) is 2.16. The summed E-state index contributed by atoms with van der Waals surface area (Å²) in [5, 5.41) is 3.04. The van der Waals surface area contributed by atoms with Crippen molar-refractivity contribution >= 4 is 28.0 Å². The summed E-state index contributed by atoms with van der Waals surface area (Å²) in [6.07, 6.45) is 3.00. The first-order valence-electron chi connectivity index (χ1n) is 5.88. The maximum absolute atomic E-state index is 12.5. The Bertz CT molecular complexity index is 422. The molecule has 1 aliphatic rings. The quantitative estimate of drug-likeness (QED) is 0.834. The number of nitrogens with one attached hydrogen (secondary N) is 1. The predicted octanol–water partition coefficient (Wildman–Crippen LogP) is 2.36. The van der Waals surface area contributed by atoms with Crippen LogP contribution in [0.15, 0.2) is 30.3 Å². The van der Waals surface area contributed by atoms with Crippen molar-refractivity contribution in [2.75, 3.05) is 12.8 Å². The van der Waals surface area contributed by atoms with Gasteiger partial charge < -0.3 is 5.32 Å². The molecule has 4 heteroatoms. The number of likely N-dealkylation sites (N-methyl/N-ethyl adjacent to an activating group) is 1. The Kier molecular flexibility index (Phi) is 3.94. The molecule has 0 aliphatic carbocycles. The molecule has 0 radical (unpaired) electrons. The fourth-order valence-electron chi connectivity index (χ4n) is 2.43. The Labute approximate surface area is 110 Å². The van der Waals surface area contributed by atoms with Crippen LogP contribution in [0.3, 0.4) is 0 Å². The molecular formula is C13H17NOS2. The van der Waals surface area contributed by atoms with E-state index in [0.717, 1.165) is 30.6 Å². The first kappa shape index (κ1) is 12.7. The SMILES string of the molecule is CNC(=S)[C@@]1(c2ccccc2)CCCC[S@]1=O. The molecule has 1 saturated heterocycles. The van der Waals surface area contributed by atoms with E-state index >= 15 is 0 Å². The van der Waals surface area contributed by atoms with Gasteiger partial charge in [-0.25, -0.2) is 0 Å². The number of thiocarbonyl (C=S) groups is 1. The maximum Gasteiger partial charge on any atom is 0.121 e. The van der Waals surface area contributed by atoms with Gasteiger partial charge in [0.15, 0.2) is 0 Å². The molecule has 0 amide bonds. The Hall–Kier alpha value is -0.740. The summed E-state index contributed by atoms with van der Waals surface area (Å²) < 4.78 is 12.0. The summed E-state index contributed by atoms with van der Waals surface area (Å²) in [5.74, 6) is 0.747. The maximum atomic E-state index is 12.5. The zero-order valence-electron chi connectivity index (χ0n) is 9.94. The van der Waals surface area contributed by atoms with Crippen molar-refractivity contribution in [2.45, 2.75) is 24.0 Å². The summed E-state index contributed by atoms with van der Waals surface area (Å²) in [6, 6.07) is 10.0. The molecule has 0 spiro atoms. The van der Waals surface area contributed by atoms with Gasteiger partial charge in [-0.1, -0.05) is 49.0 Å². The minimum Gasteiger partial charge on any atom is -0.381 e. The highest BCUT2D eigenvalue weighted by Crippen LogP contribution is 2.38. The van der Waals surface area contributed by atoms with E-state index in [1.807, 2.05) is 37.4 Å². The number of benzene rings is 1. The fourth-order valence-corrected chi connectivity index (χ4v) is 4.82. The molecule has 0 bridgehead atoms. The predicted molar refractivity (Wildman–Crippen MR) is 76.6 cm³/mol. The van der Waals surface area contributed by atoms with Gasteiger partial charge in [0.1, 0.15) is 4.75 Å². The monoisotopic (exact) mass is 267 g/mol. The largest absolute Gasteiger partial charge is 0.381 e. The van der Waals surface area contributed by atoms with Gasteiger partial charge in [0.05, 0.1) is 4.99 Å². The zero-order chi connectivity index (χ0) is 12.3. The molecule has 0 aromatic heterocycles. The van der Waals surface area contributed by atoms with Crippen LogP contribution in [0.2, 0.25) is 0 Å². The highest BCUT2D eigenvalue weighted by molar-refractivity contribution is 7.90. The molecule has 1 aromatic carbocycles. The van der Waals surface area contributed by atoms with Crippen LogP contribution in [0.1, 0.15) is 24.8 Å². The Morgan fingerprint density at radius 3 is 2.65 bits per heavy atom. The lowest BCUT2D eigenvalue weighted by atomic mass is 9.91. The average Bonchev–Trinajstić information content (AvgIpc) is 2.39. The van der Waals surface area contributed by atoms with E-state index < -0.39 is 15.5 Å². The molecule has 2 nitrogen and oxygen atoms in total. The minimum atomic E-state index is -0.921. The summed E-state index contributed by atoms with van der Waals surface area (Å²) in [4.78, 5) is 0.710. The van der Waals surface area contributed by atoms with Crippen molar-refractivity contribution in [1.82, 2.24) is 5.32 Å². The standard InChI is InChI=1S/C13H17NOS2/c1-14-12(16)13(9-5-6-10-17(13)15)11-7-3-2-4-8-11/h2-4,7-8H,5-6,9-10H2,1H3,(H,14,16)/t13-,17+/m0/s1. The topological polar surface area (TPSA) is 29.1 Å². The van der Waals surface area contributed by atoms with E-state index in [1.165, 1.54) is 0 Å². The lowest BCUT2D eigenvalue weighted by molar-refractivity contribution is 0.574. The summed E-state index contributed by atoms with van der Waals surface area (Å²) in [5.41, 5.74) is 1.08. The Balaban J connectivity index is 2.50. The van der Waals surface area contributed by atoms with Crippen molar-refractivity contribution in [3.8, 4) is 0 Å². The highest BCUT2D eigenvalue weighted by atomic mass is 32.2. The van der Waals surface area contributed by atoms with Crippen LogP contribution in [0.5, 0.6) is 0 Å². The molecular weight excluding hydrogens is 250 g/mol. The Morgan fingerprint density at radius 2 is 2.06 bits per heavy atom. The van der Waals surface area contributed by atoms with Crippen molar-refractivity contribution < 1.29 is 4.21 Å². The van der Waals surface area contributed by atoms with Gasteiger partial charge in [-0.2, -0.15) is 0 Å². The van der Waals surface area contributed by atoms with Crippen molar-refractivity contribution in [2.24, 2.45) is 0 Å². The molecule has 1 aromatic rings. The van der Waals surface area contributed by atoms with Crippen LogP contribution >= 0.6 is 12.2 Å². The van der Waals surface area contributed by atoms with Crippen molar-refractivity contribution in [3.63, 3.8) is 0 Å². The lowest BCUT2D eigenvalue weighted by Gasteiger charge is -2.37. The second-order valence-electron chi connectivity index (χ2n) is 4.28. The van der Waals surface area contributed by atoms with E-state index in [9.17, 15) is 4.21 Å². The molecule has 2 atom stereocenters. The van der Waals surface area contributed by atoms with Crippen LogP contribution in [-0.4, -0.2) is 22.0 Å². The summed E-state index contributed by atoms with van der Waals surface area (Å²) in [6.45, 7) is 0. The van der Waals surface area contributed by atoms with Crippen LogP contribution in [0, 0.1) is 0 Å². The molecule has 1 N–H and O–H groups in total. The molecule has 0 saturated carbocycles. The van der Waals surface area contributed by atoms with Gasteiger partial charge in [-0.15, -0.1) is 0 Å². The van der Waals surface area contributed by atoms with Gasteiger partial charge in [0, 0.05) is 23.6 Å². The van der Waals surface area contributed by atoms with Gasteiger partial charge in [0.25, 0.3) is 0 Å². The second kappa shape index (κ2) is 5.27. The van der Waals surface area contributed by atoms with Crippen molar-refractivity contribution in [1.29, 1.82) is 0 Å². The van der Waals surface area contributed by atoms with E-state index in [4.69, 9.17) is 12.2 Å². The molecule has 1 fully saturated rings. The average molecular weight is 267 g/mol. The molecule has 17 heavy (non-hydrogen) atoms. The van der Waals surface area contributed by atoms with Crippen LogP contribution in [-0.2, 0) is 15.5 Å².